The highest BCUT2D eigenvalue weighted by atomic mass is 16.5. The van der Waals surface area contributed by atoms with E-state index in [0.717, 1.165) is 44.8 Å². The standard InChI is InChI=1S/C23H25N3O4/c27-21(18-5-2-1-3-6-18)19-20(17-7-9-24-10-8-17)26(23(29)22(19)28)12-4-11-25-13-15-30-16-14-25/h1-3,5-10,20,27H,4,11-16H2. The van der Waals surface area contributed by atoms with Crippen LogP contribution >= 0.6 is 0 Å². The van der Waals surface area contributed by atoms with Crippen LogP contribution in [0.15, 0.2) is 60.4 Å². The maximum Gasteiger partial charge on any atom is 0.295 e. The van der Waals surface area contributed by atoms with Crippen molar-refractivity contribution in [2.45, 2.75) is 12.5 Å². The van der Waals surface area contributed by atoms with Gasteiger partial charge < -0.3 is 14.7 Å². The molecule has 2 aliphatic rings. The highest BCUT2D eigenvalue weighted by Crippen LogP contribution is 2.39. The number of ether oxygens (including phenoxy) is 1. The van der Waals surface area contributed by atoms with Crippen molar-refractivity contribution in [2.75, 3.05) is 39.4 Å². The summed E-state index contributed by atoms with van der Waals surface area (Å²) in [7, 11) is 0. The van der Waals surface area contributed by atoms with Gasteiger partial charge in [0.1, 0.15) is 5.76 Å². The van der Waals surface area contributed by atoms with Crippen LogP contribution in [0, 0.1) is 0 Å². The zero-order valence-electron chi connectivity index (χ0n) is 16.7. The van der Waals surface area contributed by atoms with Crippen molar-refractivity contribution in [2.24, 2.45) is 0 Å². The second-order valence-corrected chi connectivity index (χ2v) is 7.45. The van der Waals surface area contributed by atoms with Crippen molar-refractivity contribution in [3.8, 4) is 0 Å². The molecule has 0 radical (unpaired) electrons. The summed E-state index contributed by atoms with van der Waals surface area (Å²) >= 11 is 0. The van der Waals surface area contributed by atoms with E-state index in [0.29, 0.717) is 12.1 Å². The number of Topliss-reactive ketones (excluding diaryl/α,β-unsaturated/α-hetero) is 1. The zero-order chi connectivity index (χ0) is 20.9. The number of pyridine rings is 1. The van der Waals surface area contributed by atoms with E-state index < -0.39 is 17.7 Å². The van der Waals surface area contributed by atoms with Crippen LogP contribution in [-0.2, 0) is 14.3 Å². The van der Waals surface area contributed by atoms with E-state index in [-0.39, 0.29) is 11.3 Å². The molecule has 1 atom stereocenters. The normalized spacial score (nSPS) is 21.9. The predicted octanol–water partition coefficient (Wildman–Crippen LogP) is 2.23. The van der Waals surface area contributed by atoms with Crippen molar-refractivity contribution in [1.82, 2.24) is 14.8 Å². The molecule has 7 heteroatoms. The predicted molar refractivity (Wildman–Crippen MR) is 112 cm³/mol. The second-order valence-electron chi connectivity index (χ2n) is 7.45. The van der Waals surface area contributed by atoms with Crippen LogP contribution in [0.5, 0.6) is 0 Å². The number of amides is 1. The first kappa shape index (κ1) is 20.3. The molecule has 0 bridgehead atoms. The van der Waals surface area contributed by atoms with E-state index >= 15 is 0 Å². The maximum absolute atomic E-state index is 12.9. The van der Waals surface area contributed by atoms with Crippen molar-refractivity contribution in [3.63, 3.8) is 0 Å². The topological polar surface area (TPSA) is 83.0 Å². The van der Waals surface area contributed by atoms with Gasteiger partial charge in [-0.15, -0.1) is 0 Å². The Labute approximate surface area is 175 Å². The number of nitrogens with zero attached hydrogens (tertiary/aromatic N) is 3. The highest BCUT2D eigenvalue weighted by molar-refractivity contribution is 6.46. The van der Waals surface area contributed by atoms with Crippen molar-refractivity contribution >= 4 is 17.4 Å². The van der Waals surface area contributed by atoms with Gasteiger partial charge in [0, 0.05) is 44.1 Å². The minimum absolute atomic E-state index is 0.128. The number of carbonyl (C=O) groups is 2. The average Bonchev–Trinajstić information content (AvgIpc) is 3.05. The Morgan fingerprint density at radius 1 is 1.03 bits per heavy atom. The molecule has 1 unspecified atom stereocenters. The van der Waals surface area contributed by atoms with Crippen molar-refractivity contribution in [3.05, 3.63) is 71.6 Å². The Hall–Kier alpha value is -3.03. The average molecular weight is 407 g/mol. The smallest absolute Gasteiger partial charge is 0.295 e. The Morgan fingerprint density at radius 3 is 2.43 bits per heavy atom. The molecule has 7 nitrogen and oxygen atoms in total. The quantitative estimate of drug-likeness (QED) is 0.449. The molecule has 3 heterocycles. The van der Waals surface area contributed by atoms with Crippen LogP contribution < -0.4 is 0 Å². The fourth-order valence-corrected chi connectivity index (χ4v) is 4.04. The molecule has 0 saturated carbocycles. The number of benzene rings is 1. The second kappa shape index (κ2) is 9.19. The Morgan fingerprint density at radius 2 is 1.73 bits per heavy atom. The maximum atomic E-state index is 12.9. The molecule has 2 aliphatic heterocycles. The van der Waals surface area contributed by atoms with E-state index in [4.69, 9.17) is 4.74 Å². The van der Waals surface area contributed by atoms with Gasteiger partial charge in [-0.25, -0.2) is 0 Å². The molecule has 2 aromatic rings. The first-order valence-corrected chi connectivity index (χ1v) is 10.2. The number of aliphatic hydroxyl groups excluding tert-OH is 1. The summed E-state index contributed by atoms with van der Waals surface area (Å²) < 4.78 is 5.38. The summed E-state index contributed by atoms with van der Waals surface area (Å²) in [4.78, 5) is 33.7. The highest BCUT2D eigenvalue weighted by Gasteiger charge is 2.45. The first-order chi connectivity index (χ1) is 14.7. The van der Waals surface area contributed by atoms with Crippen LogP contribution in [0.3, 0.4) is 0 Å². The van der Waals surface area contributed by atoms with Crippen LogP contribution in [-0.4, -0.2) is 71.0 Å². The summed E-state index contributed by atoms with van der Waals surface area (Å²) in [6.45, 7) is 4.45. The number of ketones is 1. The van der Waals surface area contributed by atoms with Crippen molar-refractivity contribution in [1.29, 1.82) is 0 Å². The SMILES string of the molecule is O=C1C(=O)N(CCCN2CCOCC2)C(c2ccncc2)C1=C(O)c1ccccc1. The number of likely N-dealkylation sites (tertiary alicyclic amines) is 1. The van der Waals surface area contributed by atoms with Crippen LogP contribution in [0.25, 0.3) is 5.76 Å². The van der Waals surface area contributed by atoms with Crippen LogP contribution in [0.4, 0.5) is 0 Å². The lowest BCUT2D eigenvalue weighted by molar-refractivity contribution is -0.140. The van der Waals surface area contributed by atoms with Gasteiger partial charge in [0.2, 0.25) is 0 Å². The molecule has 1 aromatic carbocycles. The summed E-state index contributed by atoms with van der Waals surface area (Å²) in [5.74, 6) is -1.37. The minimum atomic E-state index is -0.649. The van der Waals surface area contributed by atoms with E-state index in [1.54, 1.807) is 53.7 Å². The van der Waals surface area contributed by atoms with Gasteiger partial charge >= 0.3 is 0 Å². The number of aromatic nitrogens is 1. The molecular formula is C23H25N3O4. The Bertz CT molecular complexity index is 924. The fraction of sp³-hybridized carbons (Fsp3) is 0.348. The summed E-state index contributed by atoms with van der Waals surface area (Å²) in [5.41, 5.74) is 1.40. The van der Waals surface area contributed by atoms with Gasteiger partial charge in [0.15, 0.2) is 0 Å². The summed E-state index contributed by atoms with van der Waals surface area (Å²) in [6, 6.07) is 11.8. The van der Waals surface area contributed by atoms with Crippen LogP contribution in [0.1, 0.15) is 23.6 Å². The molecule has 1 N–H and O–H groups in total. The van der Waals surface area contributed by atoms with E-state index in [2.05, 4.69) is 9.88 Å². The number of morpholine rings is 1. The lowest BCUT2D eigenvalue weighted by Crippen LogP contribution is -2.38. The Balaban J connectivity index is 1.63. The molecule has 2 fully saturated rings. The number of aliphatic hydroxyl groups is 1. The summed E-state index contributed by atoms with van der Waals surface area (Å²) in [6.07, 6.45) is 4.00. The number of carbonyl (C=O) groups excluding carboxylic acids is 2. The minimum Gasteiger partial charge on any atom is -0.507 e. The summed E-state index contributed by atoms with van der Waals surface area (Å²) in [5, 5.41) is 10.9. The van der Waals surface area contributed by atoms with Gasteiger partial charge in [-0.2, -0.15) is 0 Å². The molecule has 0 aliphatic carbocycles. The number of hydrogen-bond donors (Lipinski definition) is 1. The third-order valence-electron chi connectivity index (χ3n) is 5.59. The van der Waals surface area contributed by atoms with Gasteiger partial charge in [0.05, 0.1) is 24.8 Å². The molecule has 1 aromatic heterocycles. The monoisotopic (exact) mass is 407 g/mol. The molecular weight excluding hydrogens is 382 g/mol. The fourth-order valence-electron chi connectivity index (χ4n) is 4.04. The number of hydrogen-bond acceptors (Lipinski definition) is 6. The van der Waals surface area contributed by atoms with Gasteiger partial charge in [-0.3, -0.25) is 19.5 Å². The molecule has 2 saturated heterocycles. The Kier molecular flexibility index (Phi) is 6.21. The molecule has 30 heavy (non-hydrogen) atoms. The van der Waals surface area contributed by atoms with Gasteiger partial charge in [-0.05, 0) is 24.1 Å². The van der Waals surface area contributed by atoms with Gasteiger partial charge in [0.25, 0.3) is 11.7 Å². The third kappa shape index (κ3) is 4.13. The molecule has 156 valence electrons. The van der Waals surface area contributed by atoms with E-state index in [9.17, 15) is 14.7 Å². The molecule has 4 rings (SSSR count). The number of rotatable bonds is 6. The lowest BCUT2D eigenvalue weighted by Gasteiger charge is -2.29. The zero-order valence-corrected chi connectivity index (χ0v) is 16.7. The molecule has 1 amide bonds. The van der Waals surface area contributed by atoms with Crippen LogP contribution in [0.2, 0.25) is 0 Å². The van der Waals surface area contributed by atoms with E-state index in [1.165, 1.54) is 0 Å². The van der Waals surface area contributed by atoms with E-state index in [1.807, 2.05) is 6.07 Å². The largest absolute Gasteiger partial charge is 0.507 e. The van der Waals surface area contributed by atoms with Crippen molar-refractivity contribution < 1.29 is 19.4 Å². The molecule has 0 spiro atoms. The van der Waals surface area contributed by atoms with Gasteiger partial charge in [-0.1, -0.05) is 30.3 Å². The lowest BCUT2D eigenvalue weighted by atomic mass is 9.96. The first-order valence-electron chi connectivity index (χ1n) is 10.2. The third-order valence-corrected chi connectivity index (χ3v) is 5.59.